The van der Waals surface area contributed by atoms with Gasteiger partial charge in [0.25, 0.3) is 5.91 Å². The molecule has 0 saturated heterocycles. The molecular weight excluding hydrogens is 442 g/mol. The average molecular weight is 470 g/mol. The van der Waals surface area contributed by atoms with Crippen LogP contribution in [0.4, 0.5) is 5.82 Å². The fourth-order valence-electron chi connectivity index (χ4n) is 4.03. The number of imidazole rings is 1. The third kappa shape index (κ3) is 5.43. The highest BCUT2D eigenvalue weighted by atomic mass is 16.5. The summed E-state index contributed by atoms with van der Waals surface area (Å²) in [5.74, 6) is 2.62. The fraction of sp³-hybridized carbons (Fsp3) is 0.222. The highest BCUT2D eigenvalue weighted by Gasteiger charge is 2.30. The van der Waals surface area contributed by atoms with E-state index in [1.807, 2.05) is 82.3 Å². The summed E-state index contributed by atoms with van der Waals surface area (Å²) in [6.45, 7) is 2.80. The van der Waals surface area contributed by atoms with Crippen LogP contribution in [-0.2, 0) is 13.2 Å². The van der Waals surface area contributed by atoms with Crippen molar-refractivity contribution < 1.29 is 14.3 Å². The quantitative estimate of drug-likeness (QED) is 0.401. The third-order valence-corrected chi connectivity index (χ3v) is 5.77. The topological polar surface area (TPSA) is 81.5 Å². The van der Waals surface area contributed by atoms with Crippen LogP contribution in [0, 0.1) is 0 Å². The van der Waals surface area contributed by atoms with Crippen LogP contribution in [0.25, 0.3) is 0 Å². The molecule has 0 aliphatic carbocycles. The van der Waals surface area contributed by atoms with Gasteiger partial charge in [-0.3, -0.25) is 9.78 Å². The minimum absolute atomic E-state index is 0.0716. The lowest BCUT2D eigenvalue weighted by Crippen LogP contribution is -2.37. The monoisotopic (exact) mass is 469 g/mol. The number of ether oxygens (including phenoxy) is 2. The Hall–Kier alpha value is -4.33. The first-order valence-corrected chi connectivity index (χ1v) is 11.6. The van der Waals surface area contributed by atoms with Gasteiger partial charge in [0, 0.05) is 25.8 Å². The molecule has 1 aliphatic rings. The molecule has 35 heavy (non-hydrogen) atoms. The number of nitrogens with zero attached hydrogens (tertiary/aromatic N) is 4. The lowest BCUT2D eigenvalue weighted by molar-refractivity contribution is 0.0732. The zero-order valence-electron chi connectivity index (χ0n) is 19.3. The SMILES string of the molecule is O=C1c2c(nc(COc3cccnc3)n2Cc2ccccc2)NCCN1CCOc1ccccc1. The largest absolute Gasteiger partial charge is 0.492 e. The van der Waals surface area contributed by atoms with Crippen molar-refractivity contribution in [3.05, 3.63) is 102 Å². The molecule has 0 radical (unpaired) electrons. The molecule has 4 aromatic rings. The van der Waals surface area contributed by atoms with Crippen LogP contribution in [0.2, 0.25) is 0 Å². The van der Waals surface area contributed by atoms with E-state index in [9.17, 15) is 4.79 Å². The maximum Gasteiger partial charge on any atom is 0.274 e. The number of pyridine rings is 1. The van der Waals surface area contributed by atoms with E-state index in [2.05, 4.69) is 10.3 Å². The Morgan fingerprint density at radius 3 is 2.46 bits per heavy atom. The van der Waals surface area contributed by atoms with E-state index in [0.29, 0.717) is 55.9 Å². The Morgan fingerprint density at radius 1 is 0.914 bits per heavy atom. The first-order chi connectivity index (χ1) is 17.3. The number of amides is 1. The Kier molecular flexibility index (Phi) is 6.89. The summed E-state index contributed by atoms with van der Waals surface area (Å²) in [5.41, 5.74) is 1.61. The van der Waals surface area contributed by atoms with Crippen molar-refractivity contribution in [2.45, 2.75) is 13.2 Å². The smallest absolute Gasteiger partial charge is 0.274 e. The first-order valence-electron chi connectivity index (χ1n) is 11.6. The molecule has 2 aromatic carbocycles. The van der Waals surface area contributed by atoms with E-state index in [4.69, 9.17) is 14.5 Å². The number of benzene rings is 2. The van der Waals surface area contributed by atoms with E-state index < -0.39 is 0 Å². The summed E-state index contributed by atoms with van der Waals surface area (Å²) >= 11 is 0. The zero-order valence-corrected chi connectivity index (χ0v) is 19.3. The van der Waals surface area contributed by atoms with Gasteiger partial charge in [-0.15, -0.1) is 0 Å². The molecule has 2 aromatic heterocycles. The standard InChI is InChI=1S/C27H27N5O3/c33-27-25-26(29-14-15-31(27)16-17-34-22-10-5-2-6-11-22)30-24(20-35-23-12-7-13-28-18-23)32(25)19-21-8-3-1-4-9-21/h1-13,18,29H,14-17,19-20H2. The minimum Gasteiger partial charge on any atom is -0.492 e. The summed E-state index contributed by atoms with van der Waals surface area (Å²) in [6.07, 6.45) is 3.36. The molecule has 3 heterocycles. The number of carbonyl (C=O) groups is 1. The molecule has 8 nitrogen and oxygen atoms in total. The molecule has 5 rings (SSSR count). The predicted molar refractivity (Wildman–Crippen MR) is 133 cm³/mol. The van der Waals surface area contributed by atoms with Gasteiger partial charge in [0.15, 0.2) is 11.5 Å². The van der Waals surface area contributed by atoms with Gasteiger partial charge < -0.3 is 24.3 Å². The molecule has 0 atom stereocenters. The minimum atomic E-state index is -0.0716. The summed E-state index contributed by atoms with van der Waals surface area (Å²) < 4.78 is 13.7. The summed E-state index contributed by atoms with van der Waals surface area (Å²) in [5, 5.41) is 3.34. The second kappa shape index (κ2) is 10.7. The Bertz CT molecular complexity index is 1250. The Morgan fingerprint density at radius 2 is 1.69 bits per heavy atom. The first kappa shape index (κ1) is 22.5. The Balaban J connectivity index is 1.39. The van der Waals surface area contributed by atoms with Crippen LogP contribution < -0.4 is 14.8 Å². The van der Waals surface area contributed by atoms with Gasteiger partial charge in [0.2, 0.25) is 0 Å². The van der Waals surface area contributed by atoms with E-state index in [0.717, 1.165) is 11.3 Å². The normalized spacial score (nSPS) is 13.0. The van der Waals surface area contributed by atoms with Crippen molar-refractivity contribution in [3.8, 4) is 11.5 Å². The maximum absolute atomic E-state index is 13.7. The number of rotatable bonds is 9. The number of hydrogen-bond donors (Lipinski definition) is 1. The van der Waals surface area contributed by atoms with Crippen LogP contribution in [-0.4, -0.2) is 51.6 Å². The summed E-state index contributed by atoms with van der Waals surface area (Å²) in [6, 6.07) is 23.3. The maximum atomic E-state index is 13.7. The van der Waals surface area contributed by atoms with Crippen LogP contribution in [0.5, 0.6) is 11.5 Å². The number of aromatic nitrogens is 3. The summed E-state index contributed by atoms with van der Waals surface area (Å²) in [4.78, 5) is 24.4. The molecule has 178 valence electrons. The van der Waals surface area contributed by atoms with Gasteiger partial charge in [-0.05, 0) is 29.8 Å². The molecule has 1 amide bonds. The van der Waals surface area contributed by atoms with Crippen molar-refractivity contribution in [2.75, 3.05) is 31.6 Å². The Labute approximate surface area is 204 Å². The fourth-order valence-corrected chi connectivity index (χ4v) is 4.03. The van der Waals surface area contributed by atoms with Gasteiger partial charge in [-0.1, -0.05) is 48.5 Å². The molecule has 0 unspecified atom stereocenters. The molecule has 1 N–H and O–H groups in total. The van der Waals surface area contributed by atoms with Crippen LogP contribution in [0.15, 0.2) is 85.2 Å². The lowest BCUT2D eigenvalue weighted by Gasteiger charge is -2.22. The van der Waals surface area contributed by atoms with E-state index in [1.54, 1.807) is 12.4 Å². The number of fused-ring (bicyclic) bond motifs is 1. The summed E-state index contributed by atoms with van der Waals surface area (Å²) in [7, 11) is 0. The van der Waals surface area contributed by atoms with Crippen molar-refractivity contribution in [1.82, 2.24) is 19.4 Å². The van der Waals surface area contributed by atoms with Crippen LogP contribution in [0.1, 0.15) is 21.9 Å². The van der Waals surface area contributed by atoms with Crippen LogP contribution >= 0.6 is 0 Å². The van der Waals surface area contributed by atoms with E-state index in [-0.39, 0.29) is 12.5 Å². The van der Waals surface area contributed by atoms with Crippen molar-refractivity contribution >= 4 is 11.7 Å². The molecule has 0 bridgehead atoms. The highest BCUT2D eigenvalue weighted by Crippen LogP contribution is 2.24. The number of carbonyl (C=O) groups excluding carboxylic acids is 1. The van der Waals surface area contributed by atoms with Crippen LogP contribution in [0.3, 0.4) is 0 Å². The molecule has 0 spiro atoms. The third-order valence-electron chi connectivity index (χ3n) is 5.77. The second-order valence-electron chi connectivity index (χ2n) is 8.15. The van der Waals surface area contributed by atoms with E-state index >= 15 is 0 Å². The van der Waals surface area contributed by atoms with Gasteiger partial charge in [-0.25, -0.2) is 4.98 Å². The number of nitrogens with one attached hydrogen (secondary N) is 1. The molecular formula is C27H27N5O3. The molecule has 8 heteroatoms. The number of para-hydroxylation sites is 1. The second-order valence-corrected chi connectivity index (χ2v) is 8.15. The highest BCUT2D eigenvalue weighted by molar-refractivity contribution is 5.98. The molecule has 1 aliphatic heterocycles. The average Bonchev–Trinajstić information content (AvgIpc) is 3.16. The van der Waals surface area contributed by atoms with Gasteiger partial charge in [0.05, 0.1) is 12.7 Å². The number of anilines is 1. The van der Waals surface area contributed by atoms with Gasteiger partial charge >= 0.3 is 0 Å². The van der Waals surface area contributed by atoms with Gasteiger partial charge in [-0.2, -0.15) is 0 Å². The lowest BCUT2D eigenvalue weighted by atomic mass is 10.2. The van der Waals surface area contributed by atoms with Crippen molar-refractivity contribution in [1.29, 1.82) is 0 Å². The number of hydrogen-bond acceptors (Lipinski definition) is 6. The van der Waals surface area contributed by atoms with E-state index in [1.165, 1.54) is 0 Å². The predicted octanol–water partition coefficient (Wildman–Crippen LogP) is 3.85. The van der Waals surface area contributed by atoms with Crippen molar-refractivity contribution in [2.24, 2.45) is 0 Å². The zero-order chi connectivity index (χ0) is 23.9. The molecule has 0 fully saturated rings. The van der Waals surface area contributed by atoms with Crippen molar-refractivity contribution in [3.63, 3.8) is 0 Å². The molecule has 0 saturated carbocycles. The van der Waals surface area contributed by atoms with Gasteiger partial charge in [0.1, 0.15) is 30.5 Å².